The van der Waals surface area contributed by atoms with E-state index < -0.39 is 47.7 Å². The highest BCUT2D eigenvalue weighted by Crippen LogP contribution is 2.30. The van der Waals surface area contributed by atoms with Crippen molar-refractivity contribution in [1.29, 1.82) is 0 Å². The molecular formula is C20H22O11S. The Hall–Kier alpha value is -2.71. The third kappa shape index (κ3) is 6.17. The van der Waals surface area contributed by atoms with Crippen LogP contribution in [0, 0.1) is 0 Å². The van der Waals surface area contributed by atoms with Gasteiger partial charge in [0.15, 0.2) is 6.10 Å². The van der Waals surface area contributed by atoms with Crippen LogP contribution < -0.4 is 4.74 Å². The number of aliphatic hydroxyl groups excluding tert-OH is 3. The van der Waals surface area contributed by atoms with Gasteiger partial charge in [0, 0.05) is 6.07 Å². The van der Waals surface area contributed by atoms with Crippen LogP contribution in [0.4, 0.5) is 0 Å². The average Bonchev–Trinajstić information content (AvgIpc) is 2.72. The van der Waals surface area contributed by atoms with Crippen molar-refractivity contribution in [3.8, 4) is 17.2 Å². The normalized spacial score (nSPS) is 26.3. The van der Waals surface area contributed by atoms with E-state index in [1.54, 1.807) is 24.3 Å². The number of benzene rings is 2. The highest BCUT2D eigenvalue weighted by Gasteiger charge is 2.48. The van der Waals surface area contributed by atoms with Crippen molar-refractivity contribution in [2.75, 3.05) is 6.61 Å². The number of aromatic hydroxyl groups is 2. The number of phenolic OH excluding ortho intramolecular Hbond substituents is 2. The molecule has 1 aliphatic heterocycles. The molecular weight excluding hydrogens is 448 g/mol. The first-order valence-electron chi connectivity index (χ1n) is 9.32. The van der Waals surface area contributed by atoms with E-state index in [4.69, 9.17) is 14.0 Å². The molecule has 6 N–H and O–H groups in total. The van der Waals surface area contributed by atoms with Gasteiger partial charge in [0.25, 0.3) is 0 Å². The predicted molar refractivity (Wildman–Crippen MR) is 110 cm³/mol. The van der Waals surface area contributed by atoms with Gasteiger partial charge in [-0.05, 0) is 35.4 Å². The summed E-state index contributed by atoms with van der Waals surface area (Å²) in [5, 5.41) is 48.8. The molecule has 1 aliphatic rings. The van der Waals surface area contributed by atoms with Crippen LogP contribution in [-0.2, 0) is 19.3 Å². The molecule has 2 aromatic carbocycles. The molecule has 3 rings (SSSR count). The summed E-state index contributed by atoms with van der Waals surface area (Å²) in [4.78, 5) is 0. The van der Waals surface area contributed by atoms with Crippen LogP contribution in [0.2, 0.25) is 0 Å². The summed E-state index contributed by atoms with van der Waals surface area (Å²) < 4.78 is 46.5. The van der Waals surface area contributed by atoms with Gasteiger partial charge in [0.2, 0.25) is 6.29 Å². The second-order valence-electron chi connectivity index (χ2n) is 7.00. The lowest BCUT2D eigenvalue weighted by Crippen LogP contribution is -2.61. The van der Waals surface area contributed by atoms with Crippen LogP contribution in [0.25, 0.3) is 12.2 Å². The molecule has 0 spiro atoms. The second-order valence-corrected chi connectivity index (χ2v) is 8.05. The summed E-state index contributed by atoms with van der Waals surface area (Å²) >= 11 is 0. The fourth-order valence-corrected chi connectivity index (χ4v) is 3.56. The second kappa shape index (κ2) is 9.83. The molecule has 2 aromatic rings. The van der Waals surface area contributed by atoms with Gasteiger partial charge in [0.05, 0.1) is 6.61 Å². The van der Waals surface area contributed by atoms with Crippen LogP contribution in [0.3, 0.4) is 0 Å². The lowest BCUT2D eigenvalue weighted by molar-refractivity contribution is -0.271. The smallest absolute Gasteiger partial charge is 0.397 e. The molecule has 0 bridgehead atoms. The summed E-state index contributed by atoms with van der Waals surface area (Å²) in [5.74, 6) is -0.127. The first-order chi connectivity index (χ1) is 15.1. The van der Waals surface area contributed by atoms with Gasteiger partial charge in [-0.3, -0.25) is 4.55 Å². The monoisotopic (exact) mass is 470 g/mol. The lowest BCUT2D eigenvalue weighted by Gasteiger charge is -2.40. The molecule has 0 unspecified atom stereocenters. The highest BCUT2D eigenvalue weighted by molar-refractivity contribution is 7.80. The Kier molecular flexibility index (Phi) is 7.36. The van der Waals surface area contributed by atoms with Crippen molar-refractivity contribution in [2.45, 2.75) is 30.7 Å². The molecule has 0 aliphatic carbocycles. The van der Waals surface area contributed by atoms with Crippen LogP contribution in [0.5, 0.6) is 17.2 Å². The van der Waals surface area contributed by atoms with Crippen LogP contribution in [-0.4, -0.2) is 75.8 Å². The van der Waals surface area contributed by atoms with Gasteiger partial charge < -0.3 is 35.0 Å². The van der Waals surface area contributed by atoms with Crippen LogP contribution in [0.1, 0.15) is 11.1 Å². The van der Waals surface area contributed by atoms with E-state index in [0.717, 1.165) is 5.56 Å². The maximum Gasteiger partial charge on any atom is 0.397 e. The highest BCUT2D eigenvalue weighted by atomic mass is 32.3. The van der Waals surface area contributed by atoms with Crippen LogP contribution in [0.15, 0.2) is 42.5 Å². The minimum absolute atomic E-state index is 0.0235. The minimum Gasteiger partial charge on any atom is -0.508 e. The van der Waals surface area contributed by atoms with Crippen molar-refractivity contribution in [2.24, 2.45) is 0 Å². The number of ether oxygens (including phenoxy) is 2. The van der Waals surface area contributed by atoms with Crippen molar-refractivity contribution >= 4 is 22.6 Å². The maximum atomic E-state index is 11.2. The molecule has 0 radical (unpaired) electrons. The number of rotatable bonds is 7. The molecule has 1 fully saturated rings. The molecule has 0 aromatic heterocycles. The third-order valence-electron chi connectivity index (χ3n) is 4.58. The van der Waals surface area contributed by atoms with Crippen molar-refractivity contribution in [3.63, 3.8) is 0 Å². The number of hydrogen-bond acceptors (Lipinski definition) is 10. The Labute approximate surface area is 183 Å². The van der Waals surface area contributed by atoms with Gasteiger partial charge in [-0.15, -0.1) is 0 Å². The maximum absolute atomic E-state index is 11.2. The van der Waals surface area contributed by atoms with E-state index >= 15 is 0 Å². The molecule has 12 heteroatoms. The topological polar surface area (TPSA) is 183 Å². The molecule has 11 nitrogen and oxygen atoms in total. The fourth-order valence-electron chi connectivity index (χ4n) is 3.08. The Morgan fingerprint density at radius 2 is 1.59 bits per heavy atom. The van der Waals surface area contributed by atoms with Crippen molar-refractivity contribution in [3.05, 3.63) is 53.6 Å². The van der Waals surface area contributed by atoms with Gasteiger partial charge >= 0.3 is 10.4 Å². The zero-order chi connectivity index (χ0) is 23.5. The standard InChI is InChI=1S/C20H22O11S/c21-10-16-17(24)18(25)19(31-32(26,27)28)20(30-16)29-15-8-12(7-14(23)9-15)2-1-11-3-5-13(22)6-4-11/h1-9,16-25H,10H2,(H,26,27,28)/b2-1+/t16-,17-,18+,19-,20-/m1/s1. The molecule has 1 saturated heterocycles. The molecule has 0 saturated carbocycles. The molecule has 32 heavy (non-hydrogen) atoms. The van der Waals surface area contributed by atoms with Crippen molar-refractivity contribution < 1.29 is 52.2 Å². The Morgan fingerprint density at radius 1 is 0.938 bits per heavy atom. The summed E-state index contributed by atoms with van der Waals surface area (Å²) in [7, 11) is -5.06. The zero-order valence-electron chi connectivity index (χ0n) is 16.4. The van der Waals surface area contributed by atoms with Gasteiger partial charge in [-0.2, -0.15) is 8.42 Å². The van der Waals surface area contributed by atoms with Gasteiger partial charge in [-0.25, -0.2) is 4.18 Å². The van der Waals surface area contributed by atoms with E-state index in [-0.39, 0.29) is 17.2 Å². The Morgan fingerprint density at radius 3 is 2.22 bits per heavy atom. The lowest BCUT2D eigenvalue weighted by atomic mass is 9.99. The van der Waals surface area contributed by atoms with E-state index in [1.165, 1.54) is 30.3 Å². The molecule has 0 amide bonds. The summed E-state index contributed by atoms with van der Waals surface area (Å²) in [5.41, 5.74) is 1.23. The molecule has 5 atom stereocenters. The number of phenols is 2. The first kappa shape index (κ1) is 23.9. The summed E-state index contributed by atoms with van der Waals surface area (Å²) in [6.07, 6.45) is -5.17. The Balaban J connectivity index is 1.85. The molecule has 174 valence electrons. The minimum atomic E-state index is -5.06. The van der Waals surface area contributed by atoms with E-state index in [2.05, 4.69) is 4.18 Å². The average molecular weight is 470 g/mol. The van der Waals surface area contributed by atoms with E-state index in [9.17, 15) is 34.0 Å². The molecule has 1 heterocycles. The third-order valence-corrected chi connectivity index (χ3v) is 5.05. The predicted octanol–water partition coefficient (Wildman–Crippen LogP) is 0.274. The van der Waals surface area contributed by atoms with E-state index in [0.29, 0.717) is 5.56 Å². The van der Waals surface area contributed by atoms with Crippen LogP contribution >= 0.6 is 0 Å². The summed E-state index contributed by atoms with van der Waals surface area (Å²) in [6.45, 7) is -0.725. The quantitative estimate of drug-likeness (QED) is 0.241. The zero-order valence-corrected chi connectivity index (χ0v) is 17.2. The van der Waals surface area contributed by atoms with Gasteiger partial charge in [0.1, 0.15) is 35.6 Å². The van der Waals surface area contributed by atoms with Gasteiger partial charge in [-0.1, -0.05) is 24.3 Å². The fraction of sp³-hybridized carbons (Fsp3) is 0.300. The largest absolute Gasteiger partial charge is 0.508 e. The summed E-state index contributed by atoms with van der Waals surface area (Å²) in [6, 6.07) is 10.4. The first-order valence-corrected chi connectivity index (χ1v) is 10.7. The van der Waals surface area contributed by atoms with E-state index in [1.807, 2.05) is 0 Å². The Bertz CT molecular complexity index is 1050. The SMILES string of the molecule is O=S(=O)(O)O[C@H]1[C@H](Oc2cc(O)cc(/C=C/c3ccc(O)cc3)c2)O[C@H](CO)[C@@H](O)[C@@H]1O. The number of aliphatic hydroxyl groups is 3. The number of hydrogen-bond donors (Lipinski definition) is 6. The van der Waals surface area contributed by atoms with Crippen molar-refractivity contribution in [1.82, 2.24) is 0 Å².